The molecular formula is C18H27N3O3. The molecule has 1 amide bonds. The molecule has 2 heterocycles. The van der Waals surface area contributed by atoms with Crippen LogP contribution < -0.4 is 5.32 Å². The van der Waals surface area contributed by atoms with Gasteiger partial charge in [0.15, 0.2) is 0 Å². The molecule has 2 fully saturated rings. The van der Waals surface area contributed by atoms with Crippen molar-refractivity contribution in [2.45, 2.75) is 43.8 Å². The van der Waals surface area contributed by atoms with Crippen LogP contribution in [0.3, 0.4) is 0 Å². The Morgan fingerprint density at radius 1 is 1.42 bits per heavy atom. The number of hydrogen-bond donors (Lipinski definition) is 2. The molecule has 0 bridgehead atoms. The molecule has 1 aliphatic carbocycles. The molecule has 3 rings (SSSR count). The number of carbonyl (C=O) groups excluding carboxylic acids is 1. The van der Waals surface area contributed by atoms with Crippen molar-refractivity contribution in [1.29, 1.82) is 0 Å². The van der Waals surface area contributed by atoms with Gasteiger partial charge in [-0.2, -0.15) is 0 Å². The number of pyridine rings is 1. The Balaban J connectivity index is 1.61. The maximum absolute atomic E-state index is 11.6. The first-order valence-electron chi connectivity index (χ1n) is 8.84. The second kappa shape index (κ2) is 7.59. The van der Waals surface area contributed by atoms with Crippen molar-refractivity contribution in [2.75, 3.05) is 33.3 Å². The Hall–Kier alpha value is -1.50. The number of ether oxygens (including phenoxy) is 1. The number of nitrogens with one attached hydrogen (secondary N) is 1. The minimum Gasteiger partial charge on any atom is -0.389 e. The van der Waals surface area contributed by atoms with Crippen molar-refractivity contribution in [3.8, 4) is 0 Å². The van der Waals surface area contributed by atoms with E-state index in [0.29, 0.717) is 18.7 Å². The van der Waals surface area contributed by atoms with E-state index < -0.39 is 5.60 Å². The zero-order valence-corrected chi connectivity index (χ0v) is 14.3. The van der Waals surface area contributed by atoms with Crippen LogP contribution >= 0.6 is 0 Å². The van der Waals surface area contributed by atoms with Gasteiger partial charge in [-0.1, -0.05) is 19.3 Å². The van der Waals surface area contributed by atoms with Crippen LogP contribution in [0, 0.1) is 0 Å². The van der Waals surface area contributed by atoms with Gasteiger partial charge in [-0.3, -0.25) is 14.7 Å². The second-order valence-electron chi connectivity index (χ2n) is 6.93. The Kier molecular flexibility index (Phi) is 5.48. The van der Waals surface area contributed by atoms with Crippen LogP contribution in [0.4, 0.5) is 0 Å². The Morgan fingerprint density at radius 3 is 2.88 bits per heavy atom. The largest absolute Gasteiger partial charge is 0.389 e. The predicted octanol–water partition coefficient (Wildman–Crippen LogP) is 1.51. The van der Waals surface area contributed by atoms with E-state index in [0.717, 1.165) is 44.5 Å². The molecular weight excluding hydrogens is 306 g/mol. The third-order valence-electron chi connectivity index (χ3n) is 5.06. The highest BCUT2D eigenvalue weighted by Crippen LogP contribution is 2.30. The van der Waals surface area contributed by atoms with Gasteiger partial charge in [0, 0.05) is 32.9 Å². The first kappa shape index (κ1) is 17.3. The average Bonchev–Trinajstić information content (AvgIpc) is 2.61. The number of morpholine rings is 1. The highest BCUT2D eigenvalue weighted by Gasteiger charge is 2.33. The van der Waals surface area contributed by atoms with Gasteiger partial charge in [-0.15, -0.1) is 0 Å². The van der Waals surface area contributed by atoms with Crippen molar-refractivity contribution in [1.82, 2.24) is 15.2 Å². The number of rotatable bonds is 4. The Labute approximate surface area is 143 Å². The first-order valence-corrected chi connectivity index (χ1v) is 8.84. The quantitative estimate of drug-likeness (QED) is 0.874. The van der Waals surface area contributed by atoms with Gasteiger partial charge < -0.3 is 15.2 Å². The summed E-state index contributed by atoms with van der Waals surface area (Å²) in [6.07, 6.45) is 6.74. The zero-order chi connectivity index (χ0) is 17.0. The van der Waals surface area contributed by atoms with E-state index in [1.807, 2.05) is 6.07 Å². The Morgan fingerprint density at radius 2 is 2.21 bits per heavy atom. The third-order valence-corrected chi connectivity index (χ3v) is 5.06. The lowest BCUT2D eigenvalue weighted by Gasteiger charge is -2.40. The molecule has 1 aliphatic heterocycles. The van der Waals surface area contributed by atoms with Crippen molar-refractivity contribution < 1.29 is 14.6 Å². The van der Waals surface area contributed by atoms with Gasteiger partial charge in [0.1, 0.15) is 6.10 Å². The lowest BCUT2D eigenvalue weighted by molar-refractivity contribution is -0.0776. The molecule has 2 aliphatic rings. The third kappa shape index (κ3) is 4.12. The summed E-state index contributed by atoms with van der Waals surface area (Å²) in [5.41, 5.74) is 0.838. The molecule has 24 heavy (non-hydrogen) atoms. The minimum absolute atomic E-state index is 0.107. The van der Waals surface area contributed by atoms with E-state index in [2.05, 4.69) is 15.2 Å². The number of nitrogens with zero attached hydrogens (tertiary/aromatic N) is 2. The number of β-amino-alcohol motifs (C(OH)–C–C–N with tert-alkyl or cyclic N) is 1. The molecule has 0 radical (unpaired) electrons. The molecule has 1 saturated carbocycles. The summed E-state index contributed by atoms with van der Waals surface area (Å²) in [4.78, 5) is 18.3. The molecule has 0 aromatic carbocycles. The molecule has 6 heteroatoms. The van der Waals surface area contributed by atoms with Crippen molar-refractivity contribution in [3.63, 3.8) is 0 Å². The van der Waals surface area contributed by atoms with E-state index in [1.54, 1.807) is 19.3 Å². The molecule has 2 N–H and O–H groups in total. The average molecular weight is 333 g/mol. The van der Waals surface area contributed by atoms with E-state index in [4.69, 9.17) is 4.74 Å². The normalized spacial score (nSPS) is 24.5. The van der Waals surface area contributed by atoms with Crippen LogP contribution in [0.5, 0.6) is 0 Å². The van der Waals surface area contributed by atoms with Crippen LogP contribution in [-0.4, -0.2) is 59.8 Å². The van der Waals surface area contributed by atoms with Crippen molar-refractivity contribution in [2.24, 2.45) is 0 Å². The Bertz CT molecular complexity index is 555. The molecule has 0 unspecified atom stereocenters. The van der Waals surface area contributed by atoms with Gasteiger partial charge in [0.25, 0.3) is 5.91 Å². The highest BCUT2D eigenvalue weighted by atomic mass is 16.5. The number of amides is 1. The zero-order valence-electron chi connectivity index (χ0n) is 14.3. The molecule has 0 spiro atoms. The lowest BCUT2D eigenvalue weighted by atomic mass is 9.84. The van der Waals surface area contributed by atoms with Crippen molar-refractivity contribution >= 4 is 5.91 Å². The number of aromatic nitrogens is 1. The molecule has 1 saturated heterocycles. The van der Waals surface area contributed by atoms with Crippen LogP contribution in [0.2, 0.25) is 0 Å². The maximum atomic E-state index is 11.6. The van der Waals surface area contributed by atoms with Crippen molar-refractivity contribution in [3.05, 3.63) is 29.6 Å². The molecule has 1 aromatic rings. The van der Waals surface area contributed by atoms with Crippen LogP contribution in [-0.2, 0) is 4.74 Å². The summed E-state index contributed by atoms with van der Waals surface area (Å²) in [5, 5.41) is 13.4. The number of carbonyl (C=O) groups is 1. The summed E-state index contributed by atoms with van der Waals surface area (Å²) >= 11 is 0. The fourth-order valence-corrected chi connectivity index (χ4v) is 3.68. The summed E-state index contributed by atoms with van der Waals surface area (Å²) in [5.74, 6) is -0.139. The van der Waals surface area contributed by atoms with Crippen LogP contribution in [0.15, 0.2) is 18.3 Å². The van der Waals surface area contributed by atoms with E-state index in [9.17, 15) is 9.90 Å². The molecule has 132 valence electrons. The van der Waals surface area contributed by atoms with Gasteiger partial charge >= 0.3 is 0 Å². The first-order chi connectivity index (χ1) is 11.6. The monoisotopic (exact) mass is 333 g/mol. The van der Waals surface area contributed by atoms with Gasteiger partial charge in [0.05, 0.1) is 23.5 Å². The van der Waals surface area contributed by atoms with Gasteiger partial charge in [0.2, 0.25) is 0 Å². The fraction of sp³-hybridized carbons (Fsp3) is 0.667. The lowest BCUT2D eigenvalue weighted by Crippen LogP contribution is -2.49. The van der Waals surface area contributed by atoms with E-state index in [1.165, 1.54) is 6.42 Å². The summed E-state index contributed by atoms with van der Waals surface area (Å²) in [6.45, 7) is 2.92. The highest BCUT2D eigenvalue weighted by molar-refractivity contribution is 5.93. The van der Waals surface area contributed by atoms with E-state index >= 15 is 0 Å². The van der Waals surface area contributed by atoms with Gasteiger partial charge in [-0.25, -0.2) is 0 Å². The smallest absolute Gasteiger partial charge is 0.252 e. The predicted molar refractivity (Wildman–Crippen MR) is 90.8 cm³/mol. The van der Waals surface area contributed by atoms with Crippen LogP contribution in [0.25, 0.3) is 0 Å². The van der Waals surface area contributed by atoms with Crippen LogP contribution in [0.1, 0.15) is 54.3 Å². The number of aliphatic hydroxyl groups is 1. The SMILES string of the molecule is CNC(=O)c1ccc([C@H]2CN(CC3(O)CCCCC3)CCO2)nc1. The molecule has 1 atom stereocenters. The summed E-state index contributed by atoms with van der Waals surface area (Å²) < 4.78 is 5.86. The molecule has 6 nitrogen and oxygen atoms in total. The number of hydrogen-bond acceptors (Lipinski definition) is 5. The maximum Gasteiger partial charge on any atom is 0.252 e. The second-order valence-corrected chi connectivity index (χ2v) is 6.93. The fourth-order valence-electron chi connectivity index (χ4n) is 3.68. The topological polar surface area (TPSA) is 74.7 Å². The van der Waals surface area contributed by atoms with Gasteiger partial charge in [-0.05, 0) is 25.0 Å². The molecule has 1 aromatic heterocycles. The summed E-state index contributed by atoms with van der Waals surface area (Å²) in [6, 6.07) is 3.63. The standard InChI is InChI=1S/C18H27N3O3/c1-19-17(22)14-5-6-15(20-11-14)16-12-21(9-10-24-16)13-18(23)7-3-2-4-8-18/h5-6,11,16,23H,2-4,7-10,12-13H2,1H3,(H,19,22)/t16-/m1/s1. The minimum atomic E-state index is -0.545. The summed E-state index contributed by atoms with van der Waals surface area (Å²) in [7, 11) is 1.61. The van der Waals surface area contributed by atoms with E-state index in [-0.39, 0.29) is 12.0 Å².